The van der Waals surface area contributed by atoms with E-state index >= 15 is 0 Å². The second kappa shape index (κ2) is 8.31. The molecule has 2 aliphatic heterocycles. The number of sulfonamides is 1. The normalized spacial score (nSPS) is 23.5. The fourth-order valence-corrected chi connectivity index (χ4v) is 5.34. The van der Waals surface area contributed by atoms with Gasteiger partial charge in [0.15, 0.2) is 6.10 Å². The van der Waals surface area contributed by atoms with Crippen molar-refractivity contribution in [3.05, 3.63) is 17.7 Å². The SMILES string of the molecule is CC[C@H](C)NC(=O)[C@@H]1CCCN(S(=O)(=O)c2cc3c(cc2C)NC(=O)[C@H](C)O3)C1. The van der Waals surface area contributed by atoms with E-state index in [-0.39, 0.29) is 35.2 Å². The van der Waals surface area contributed by atoms with Gasteiger partial charge in [-0.3, -0.25) is 9.59 Å². The third-order valence-electron chi connectivity index (χ3n) is 5.58. The molecule has 1 aromatic rings. The van der Waals surface area contributed by atoms with E-state index in [9.17, 15) is 18.0 Å². The number of amides is 2. The molecule has 2 heterocycles. The van der Waals surface area contributed by atoms with Gasteiger partial charge in [0.1, 0.15) is 5.75 Å². The van der Waals surface area contributed by atoms with Crippen molar-refractivity contribution in [3.63, 3.8) is 0 Å². The van der Waals surface area contributed by atoms with Crippen LogP contribution in [0, 0.1) is 12.8 Å². The highest BCUT2D eigenvalue weighted by Crippen LogP contribution is 2.36. The first-order chi connectivity index (χ1) is 13.6. The minimum Gasteiger partial charge on any atom is -0.479 e. The van der Waals surface area contributed by atoms with Crippen molar-refractivity contribution in [2.24, 2.45) is 5.92 Å². The third-order valence-corrected chi connectivity index (χ3v) is 7.59. The van der Waals surface area contributed by atoms with Crippen molar-refractivity contribution in [2.75, 3.05) is 18.4 Å². The van der Waals surface area contributed by atoms with Gasteiger partial charge in [-0.25, -0.2) is 8.42 Å². The van der Waals surface area contributed by atoms with E-state index in [0.717, 1.165) is 6.42 Å². The minimum atomic E-state index is -3.80. The Labute approximate surface area is 172 Å². The number of hydrogen-bond donors (Lipinski definition) is 2. The Balaban J connectivity index is 1.84. The Bertz CT molecular complexity index is 915. The van der Waals surface area contributed by atoms with Crippen molar-refractivity contribution in [3.8, 4) is 5.75 Å². The first kappa shape index (κ1) is 21.6. The summed E-state index contributed by atoms with van der Waals surface area (Å²) >= 11 is 0. The Hall–Kier alpha value is -2.13. The van der Waals surface area contributed by atoms with Crippen LogP contribution in [0.25, 0.3) is 0 Å². The van der Waals surface area contributed by atoms with Crippen LogP contribution in [0.15, 0.2) is 17.0 Å². The topological polar surface area (TPSA) is 105 Å². The van der Waals surface area contributed by atoms with Crippen LogP contribution >= 0.6 is 0 Å². The van der Waals surface area contributed by atoms with E-state index in [1.807, 2.05) is 13.8 Å². The number of hydrogen-bond acceptors (Lipinski definition) is 5. The van der Waals surface area contributed by atoms with E-state index in [4.69, 9.17) is 4.74 Å². The molecule has 2 amide bonds. The van der Waals surface area contributed by atoms with Crippen LogP contribution in [0.5, 0.6) is 5.75 Å². The molecular formula is C20H29N3O5S. The van der Waals surface area contributed by atoms with E-state index in [1.54, 1.807) is 19.9 Å². The van der Waals surface area contributed by atoms with Crippen LogP contribution < -0.4 is 15.4 Å². The number of rotatable bonds is 5. The lowest BCUT2D eigenvalue weighted by Gasteiger charge is -2.32. The van der Waals surface area contributed by atoms with Gasteiger partial charge in [-0.1, -0.05) is 6.92 Å². The van der Waals surface area contributed by atoms with Crippen LogP contribution in [-0.4, -0.2) is 49.8 Å². The number of carbonyl (C=O) groups excluding carboxylic acids is 2. The molecule has 0 bridgehead atoms. The Morgan fingerprint density at radius 2 is 2.14 bits per heavy atom. The van der Waals surface area contributed by atoms with Crippen LogP contribution in [0.3, 0.4) is 0 Å². The lowest BCUT2D eigenvalue weighted by Crippen LogP contribution is -2.47. The second-order valence-corrected chi connectivity index (χ2v) is 9.79. The molecule has 0 unspecified atom stereocenters. The van der Waals surface area contributed by atoms with Gasteiger partial charge in [0, 0.05) is 25.2 Å². The molecule has 3 rings (SSSR count). The number of benzene rings is 1. The Morgan fingerprint density at radius 1 is 1.41 bits per heavy atom. The van der Waals surface area contributed by atoms with Crippen LogP contribution in [0.2, 0.25) is 0 Å². The molecule has 8 nitrogen and oxygen atoms in total. The summed E-state index contributed by atoms with van der Waals surface area (Å²) in [6.45, 7) is 7.76. The van der Waals surface area contributed by atoms with Crippen LogP contribution in [-0.2, 0) is 19.6 Å². The summed E-state index contributed by atoms with van der Waals surface area (Å²) in [6.07, 6.45) is 1.43. The minimum absolute atomic E-state index is 0.0618. The van der Waals surface area contributed by atoms with Crippen molar-refractivity contribution in [1.29, 1.82) is 0 Å². The first-order valence-corrected chi connectivity index (χ1v) is 11.5. The monoisotopic (exact) mass is 423 g/mol. The fourth-order valence-electron chi connectivity index (χ4n) is 3.60. The van der Waals surface area contributed by atoms with Gasteiger partial charge in [0.25, 0.3) is 5.91 Å². The number of fused-ring (bicyclic) bond motifs is 1. The molecule has 9 heteroatoms. The predicted molar refractivity (Wildman–Crippen MR) is 109 cm³/mol. The lowest BCUT2D eigenvalue weighted by atomic mass is 9.98. The molecule has 0 spiro atoms. The molecule has 29 heavy (non-hydrogen) atoms. The van der Waals surface area contributed by atoms with Crippen LogP contribution in [0.4, 0.5) is 5.69 Å². The molecule has 0 saturated carbocycles. The van der Waals surface area contributed by atoms with E-state index in [0.29, 0.717) is 36.4 Å². The van der Waals surface area contributed by atoms with E-state index in [2.05, 4.69) is 10.6 Å². The number of nitrogens with one attached hydrogen (secondary N) is 2. The Morgan fingerprint density at radius 3 is 2.83 bits per heavy atom. The molecule has 160 valence electrons. The highest BCUT2D eigenvalue weighted by molar-refractivity contribution is 7.89. The standard InChI is InChI=1S/C20H29N3O5S/c1-5-13(3)21-20(25)15-7-6-8-23(11-15)29(26,27)18-10-17-16(9-12(18)2)22-19(24)14(4)28-17/h9-10,13-15H,5-8,11H2,1-4H3,(H,21,25)(H,22,24)/t13-,14-,15+/m0/s1. The quantitative estimate of drug-likeness (QED) is 0.754. The number of anilines is 1. The van der Waals surface area contributed by atoms with Gasteiger partial charge < -0.3 is 15.4 Å². The molecule has 2 N–H and O–H groups in total. The number of ether oxygens (including phenoxy) is 1. The predicted octanol–water partition coefficient (Wildman–Crippen LogP) is 2.03. The average Bonchev–Trinajstić information content (AvgIpc) is 2.68. The van der Waals surface area contributed by atoms with Crippen molar-refractivity contribution < 1.29 is 22.7 Å². The van der Waals surface area contributed by atoms with Gasteiger partial charge in [-0.05, 0) is 51.7 Å². The summed E-state index contributed by atoms with van der Waals surface area (Å²) in [7, 11) is -3.80. The highest BCUT2D eigenvalue weighted by atomic mass is 32.2. The summed E-state index contributed by atoms with van der Waals surface area (Å²) in [4.78, 5) is 24.4. The van der Waals surface area contributed by atoms with E-state index in [1.165, 1.54) is 10.4 Å². The van der Waals surface area contributed by atoms with Gasteiger partial charge in [0.2, 0.25) is 15.9 Å². The maximum atomic E-state index is 13.3. The zero-order valence-corrected chi connectivity index (χ0v) is 18.1. The number of carbonyl (C=O) groups is 2. The Kier molecular flexibility index (Phi) is 6.19. The third kappa shape index (κ3) is 4.40. The van der Waals surface area contributed by atoms with Gasteiger partial charge in [-0.15, -0.1) is 0 Å². The number of piperidine rings is 1. The molecule has 2 aliphatic rings. The van der Waals surface area contributed by atoms with Gasteiger partial charge in [-0.2, -0.15) is 4.31 Å². The summed E-state index contributed by atoms with van der Waals surface area (Å²) in [6, 6.07) is 3.15. The highest BCUT2D eigenvalue weighted by Gasteiger charge is 2.35. The number of nitrogens with zero attached hydrogens (tertiary/aromatic N) is 1. The van der Waals surface area contributed by atoms with Crippen LogP contribution in [0.1, 0.15) is 45.6 Å². The first-order valence-electron chi connectivity index (χ1n) is 10.1. The van der Waals surface area contributed by atoms with Crippen molar-refractivity contribution >= 4 is 27.5 Å². The van der Waals surface area contributed by atoms with Crippen molar-refractivity contribution in [2.45, 2.75) is 64.0 Å². The summed E-state index contributed by atoms with van der Waals surface area (Å²) in [5.74, 6) is -0.384. The lowest BCUT2D eigenvalue weighted by molar-refractivity contribution is -0.126. The zero-order chi connectivity index (χ0) is 21.3. The molecule has 1 aromatic carbocycles. The molecule has 1 saturated heterocycles. The molecular weight excluding hydrogens is 394 g/mol. The van der Waals surface area contributed by atoms with Gasteiger partial charge >= 0.3 is 0 Å². The summed E-state index contributed by atoms with van der Waals surface area (Å²) < 4.78 is 33.6. The van der Waals surface area contributed by atoms with Gasteiger partial charge in [0.05, 0.1) is 16.5 Å². The molecule has 0 radical (unpaired) electrons. The second-order valence-electron chi connectivity index (χ2n) is 7.88. The molecule has 1 fully saturated rings. The summed E-state index contributed by atoms with van der Waals surface area (Å²) in [5.41, 5.74) is 0.988. The molecule has 3 atom stereocenters. The maximum absolute atomic E-state index is 13.3. The number of aryl methyl sites for hydroxylation is 1. The fraction of sp³-hybridized carbons (Fsp3) is 0.600. The smallest absolute Gasteiger partial charge is 0.265 e. The molecule has 0 aromatic heterocycles. The van der Waals surface area contributed by atoms with Crippen molar-refractivity contribution in [1.82, 2.24) is 9.62 Å². The zero-order valence-electron chi connectivity index (χ0n) is 17.3. The maximum Gasteiger partial charge on any atom is 0.265 e. The van der Waals surface area contributed by atoms with E-state index < -0.39 is 16.1 Å². The largest absolute Gasteiger partial charge is 0.479 e. The average molecular weight is 424 g/mol. The molecule has 0 aliphatic carbocycles. The summed E-state index contributed by atoms with van der Waals surface area (Å²) in [5, 5.41) is 5.68.